The summed E-state index contributed by atoms with van der Waals surface area (Å²) < 4.78 is 41.3. The molecule has 30 heavy (non-hydrogen) atoms. The topological polar surface area (TPSA) is 94.9 Å². The van der Waals surface area contributed by atoms with Gasteiger partial charge in [0.25, 0.3) is 0 Å². The highest BCUT2D eigenvalue weighted by Crippen LogP contribution is 2.29. The molecule has 3 aromatic rings. The summed E-state index contributed by atoms with van der Waals surface area (Å²) in [6, 6.07) is 11.8. The Morgan fingerprint density at radius 1 is 1.20 bits per heavy atom. The lowest BCUT2D eigenvalue weighted by molar-refractivity contribution is 0.569. The maximum absolute atomic E-state index is 14.0. The van der Waals surface area contributed by atoms with Gasteiger partial charge in [-0.3, -0.25) is 4.98 Å². The van der Waals surface area contributed by atoms with Crippen LogP contribution in [0.1, 0.15) is 36.1 Å². The van der Waals surface area contributed by atoms with Crippen LogP contribution in [0.25, 0.3) is 10.9 Å². The van der Waals surface area contributed by atoms with Crippen LogP contribution in [0.3, 0.4) is 0 Å². The summed E-state index contributed by atoms with van der Waals surface area (Å²) in [5, 5.41) is 13.2. The normalized spacial score (nSPS) is 11.6. The average molecular weight is 427 g/mol. The molecule has 0 spiro atoms. The molecule has 3 rings (SSSR count). The molecule has 2 aromatic carbocycles. The van der Waals surface area contributed by atoms with Crippen LogP contribution in [0.2, 0.25) is 0 Å². The van der Waals surface area contributed by atoms with Gasteiger partial charge >= 0.3 is 0 Å². The lowest BCUT2D eigenvalue weighted by Gasteiger charge is -2.16. The van der Waals surface area contributed by atoms with E-state index in [1.807, 2.05) is 12.1 Å². The van der Waals surface area contributed by atoms with E-state index in [-0.39, 0.29) is 18.3 Å². The van der Waals surface area contributed by atoms with Crippen LogP contribution in [0.4, 0.5) is 10.1 Å². The number of hydrogen-bond donors (Lipinski definition) is 2. The van der Waals surface area contributed by atoms with E-state index in [2.05, 4.69) is 21.1 Å². The Morgan fingerprint density at radius 2 is 1.90 bits per heavy atom. The van der Waals surface area contributed by atoms with Crippen molar-refractivity contribution in [2.75, 3.05) is 5.32 Å². The molecule has 1 heterocycles. The Morgan fingerprint density at radius 3 is 2.57 bits per heavy atom. The second-order valence-electron chi connectivity index (χ2n) is 7.43. The largest absolute Gasteiger partial charge is 0.379 e. The van der Waals surface area contributed by atoms with Crippen LogP contribution in [-0.2, 0) is 22.3 Å². The van der Waals surface area contributed by atoms with Crippen LogP contribution in [0, 0.1) is 24.1 Å². The van der Waals surface area contributed by atoms with E-state index >= 15 is 0 Å². The molecule has 0 saturated heterocycles. The van der Waals surface area contributed by atoms with Gasteiger partial charge in [0.05, 0.1) is 22.5 Å². The lowest BCUT2D eigenvalue weighted by atomic mass is 10.0. The number of anilines is 1. The highest BCUT2D eigenvalue weighted by molar-refractivity contribution is 7.88. The van der Waals surface area contributed by atoms with Gasteiger partial charge in [-0.05, 0) is 49.6 Å². The molecule has 0 atom stereocenters. The van der Waals surface area contributed by atoms with Crippen molar-refractivity contribution in [1.29, 1.82) is 5.26 Å². The van der Waals surface area contributed by atoms with Crippen molar-refractivity contribution < 1.29 is 12.8 Å². The number of aromatic nitrogens is 1. The van der Waals surface area contributed by atoms with E-state index in [0.29, 0.717) is 33.3 Å². The van der Waals surface area contributed by atoms with Crippen molar-refractivity contribution in [1.82, 2.24) is 9.71 Å². The standard InChI is InChI=1S/C22H23FN4O2S/c1-14(2)27-30(28,29)13-17-7-5-4-6-16(17)11-26-22-18(10-24)12-25-21-15(3)8-19(23)9-20(21)22/h4-9,12,14,27H,11,13H2,1-3H3,(H,25,26). The molecule has 0 aliphatic heterocycles. The molecular weight excluding hydrogens is 403 g/mol. The maximum Gasteiger partial charge on any atom is 0.216 e. The molecule has 0 aliphatic carbocycles. The lowest BCUT2D eigenvalue weighted by Crippen LogP contribution is -2.31. The first-order valence-electron chi connectivity index (χ1n) is 9.50. The summed E-state index contributed by atoms with van der Waals surface area (Å²) in [4.78, 5) is 4.29. The van der Waals surface area contributed by atoms with Crippen molar-refractivity contribution in [3.8, 4) is 6.07 Å². The molecule has 0 unspecified atom stereocenters. The van der Waals surface area contributed by atoms with Crippen molar-refractivity contribution in [2.24, 2.45) is 0 Å². The van der Waals surface area contributed by atoms with Gasteiger partial charge in [0, 0.05) is 24.2 Å². The number of nitriles is 1. The molecule has 2 N–H and O–H groups in total. The summed E-state index contributed by atoms with van der Waals surface area (Å²) in [6.07, 6.45) is 1.46. The van der Waals surface area contributed by atoms with E-state index in [9.17, 15) is 18.1 Å². The zero-order valence-corrected chi connectivity index (χ0v) is 17.8. The van der Waals surface area contributed by atoms with E-state index < -0.39 is 15.8 Å². The summed E-state index contributed by atoms with van der Waals surface area (Å²) in [5.74, 6) is -0.565. The fourth-order valence-corrected chi connectivity index (χ4v) is 4.86. The van der Waals surface area contributed by atoms with Crippen LogP contribution < -0.4 is 10.0 Å². The SMILES string of the molecule is Cc1cc(F)cc2c(NCc3ccccc3CS(=O)(=O)NC(C)C)c(C#N)cnc12. The van der Waals surface area contributed by atoms with Crippen molar-refractivity contribution in [2.45, 2.75) is 39.1 Å². The number of rotatable bonds is 7. The van der Waals surface area contributed by atoms with Gasteiger partial charge in [0.2, 0.25) is 10.0 Å². The third-order valence-electron chi connectivity index (χ3n) is 4.58. The molecule has 0 amide bonds. The number of hydrogen-bond acceptors (Lipinski definition) is 5. The van der Waals surface area contributed by atoms with Crippen LogP contribution in [0.5, 0.6) is 0 Å². The predicted octanol–water partition coefficient (Wildman–Crippen LogP) is 3.99. The van der Waals surface area contributed by atoms with Crippen LogP contribution >= 0.6 is 0 Å². The van der Waals surface area contributed by atoms with E-state index in [0.717, 1.165) is 5.56 Å². The minimum Gasteiger partial charge on any atom is -0.379 e. The van der Waals surface area contributed by atoms with E-state index in [4.69, 9.17) is 0 Å². The Kier molecular flexibility index (Phi) is 6.34. The summed E-state index contributed by atoms with van der Waals surface area (Å²) >= 11 is 0. The smallest absolute Gasteiger partial charge is 0.216 e. The monoisotopic (exact) mass is 426 g/mol. The second kappa shape index (κ2) is 8.78. The fourth-order valence-electron chi connectivity index (χ4n) is 3.37. The van der Waals surface area contributed by atoms with Gasteiger partial charge in [-0.2, -0.15) is 5.26 Å². The number of nitrogens with zero attached hydrogens (tertiary/aromatic N) is 2. The molecule has 0 saturated carbocycles. The van der Waals surface area contributed by atoms with Gasteiger partial charge < -0.3 is 5.32 Å². The number of pyridine rings is 1. The number of aryl methyl sites for hydroxylation is 1. The molecule has 0 fully saturated rings. The Balaban J connectivity index is 1.95. The van der Waals surface area contributed by atoms with E-state index in [1.54, 1.807) is 32.9 Å². The first kappa shape index (κ1) is 21.7. The van der Waals surface area contributed by atoms with Gasteiger partial charge in [-0.25, -0.2) is 17.5 Å². The minimum absolute atomic E-state index is 0.154. The molecule has 8 heteroatoms. The molecule has 0 radical (unpaired) electrons. The quantitative estimate of drug-likeness (QED) is 0.596. The minimum atomic E-state index is -3.49. The summed E-state index contributed by atoms with van der Waals surface area (Å²) in [6.45, 7) is 5.57. The third-order valence-corrected chi connectivity index (χ3v) is 6.10. The number of sulfonamides is 1. The average Bonchev–Trinajstić information content (AvgIpc) is 2.65. The molecule has 0 bridgehead atoms. The molecule has 0 aliphatic rings. The molecular formula is C22H23FN4O2S. The maximum atomic E-state index is 14.0. The summed E-state index contributed by atoms with van der Waals surface area (Å²) in [5.41, 5.74) is 3.46. The number of nitrogens with one attached hydrogen (secondary N) is 2. The Hall–Kier alpha value is -3.02. The molecule has 1 aromatic heterocycles. The van der Waals surface area contributed by atoms with E-state index in [1.165, 1.54) is 18.3 Å². The van der Waals surface area contributed by atoms with Crippen molar-refractivity contribution >= 4 is 26.6 Å². The number of benzene rings is 2. The van der Waals surface area contributed by atoms with Crippen molar-refractivity contribution in [3.63, 3.8) is 0 Å². The third kappa shape index (κ3) is 4.93. The van der Waals surface area contributed by atoms with Gasteiger partial charge in [0.1, 0.15) is 11.9 Å². The Bertz CT molecular complexity index is 1230. The zero-order valence-electron chi connectivity index (χ0n) is 17.0. The number of fused-ring (bicyclic) bond motifs is 1. The Labute approximate surface area is 175 Å². The van der Waals surface area contributed by atoms with Gasteiger partial charge in [0.15, 0.2) is 0 Å². The number of halogens is 1. The zero-order chi connectivity index (χ0) is 21.9. The highest BCUT2D eigenvalue weighted by atomic mass is 32.2. The first-order chi connectivity index (χ1) is 14.2. The highest BCUT2D eigenvalue weighted by Gasteiger charge is 2.16. The van der Waals surface area contributed by atoms with Crippen LogP contribution in [-0.4, -0.2) is 19.4 Å². The predicted molar refractivity (Wildman–Crippen MR) is 116 cm³/mol. The molecule has 156 valence electrons. The van der Waals surface area contributed by atoms with Crippen molar-refractivity contribution in [3.05, 3.63) is 70.7 Å². The second-order valence-corrected chi connectivity index (χ2v) is 9.19. The summed E-state index contributed by atoms with van der Waals surface area (Å²) in [7, 11) is -3.49. The first-order valence-corrected chi connectivity index (χ1v) is 11.1. The van der Waals surface area contributed by atoms with Crippen LogP contribution in [0.15, 0.2) is 42.6 Å². The van der Waals surface area contributed by atoms with Gasteiger partial charge in [-0.15, -0.1) is 0 Å². The molecule has 6 nitrogen and oxygen atoms in total. The van der Waals surface area contributed by atoms with Gasteiger partial charge in [-0.1, -0.05) is 24.3 Å². The fraction of sp³-hybridized carbons (Fsp3) is 0.273.